The number of nitrogens with two attached hydrogens (primary N) is 1. The van der Waals surface area contributed by atoms with E-state index in [4.69, 9.17) is 5.73 Å². The van der Waals surface area contributed by atoms with Gasteiger partial charge in [0.05, 0.1) is 6.04 Å². The van der Waals surface area contributed by atoms with Crippen molar-refractivity contribution in [2.45, 2.75) is 31.8 Å². The van der Waals surface area contributed by atoms with Gasteiger partial charge in [0.2, 0.25) is 0 Å². The molecule has 1 fully saturated rings. The molecule has 2 rings (SSSR count). The van der Waals surface area contributed by atoms with Gasteiger partial charge in [-0.2, -0.15) is 0 Å². The highest BCUT2D eigenvalue weighted by molar-refractivity contribution is 5.74. The molecule has 0 radical (unpaired) electrons. The van der Waals surface area contributed by atoms with E-state index in [0.29, 0.717) is 19.4 Å². The molecule has 126 valence electrons. The summed E-state index contributed by atoms with van der Waals surface area (Å²) in [5.74, 6) is -0.315. The Morgan fingerprint density at radius 1 is 1.39 bits per heavy atom. The van der Waals surface area contributed by atoms with Crippen molar-refractivity contribution in [3.05, 3.63) is 35.1 Å². The molecule has 1 aliphatic rings. The lowest BCUT2D eigenvalue weighted by Gasteiger charge is -2.39. The predicted molar refractivity (Wildman–Crippen MR) is 85.4 cm³/mol. The summed E-state index contributed by atoms with van der Waals surface area (Å²) in [5.41, 5.74) is 7.11. The number of nitrogens with zero attached hydrogens (tertiary/aromatic N) is 2. The van der Waals surface area contributed by atoms with Crippen LogP contribution >= 0.6 is 0 Å². The van der Waals surface area contributed by atoms with E-state index in [9.17, 15) is 14.0 Å². The summed E-state index contributed by atoms with van der Waals surface area (Å²) in [4.78, 5) is 26.6. The zero-order chi connectivity index (χ0) is 17.1. The van der Waals surface area contributed by atoms with Gasteiger partial charge in [-0.25, -0.2) is 14.0 Å². The molecule has 0 aromatic heterocycles. The van der Waals surface area contributed by atoms with Crippen LogP contribution in [0.4, 0.5) is 14.0 Å². The van der Waals surface area contributed by atoms with Gasteiger partial charge in [0, 0.05) is 26.7 Å². The number of amides is 4. The number of halogens is 1. The number of carbonyl (C=O) groups is 2. The van der Waals surface area contributed by atoms with E-state index in [2.05, 4.69) is 5.32 Å². The van der Waals surface area contributed by atoms with E-state index in [1.54, 1.807) is 32.0 Å². The van der Waals surface area contributed by atoms with E-state index >= 15 is 0 Å². The van der Waals surface area contributed by atoms with E-state index in [1.807, 2.05) is 0 Å². The van der Waals surface area contributed by atoms with E-state index < -0.39 is 6.03 Å². The fourth-order valence-corrected chi connectivity index (χ4v) is 2.97. The smallest absolute Gasteiger partial charge is 0.317 e. The Kier molecular flexibility index (Phi) is 5.08. The first-order valence-corrected chi connectivity index (χ1v) is 7.59. The highest BCUT2D eigenvalue weighted by Gasteiger charge is 2.33. The average Bonchev–Trinajstić information content (AvgIpc) is 2.46. The van der Waals surface area contributed by atoms with Gasteiger partial charge in [-0.3, -0.25) is 0 Å². The van der Waals surface area contributed by atoms with Crippen LogP contribution in [0.2, 0.25) is 0 Å². The van der Waals surface area contributed by atoms with Crippen molar-refractivity contribution in [2.75, 3.05) is 20.6 Å². The number of piperidine rings is 1. The first-order valence-electron chi connectivity index (χ1n) is 7.59. The Balaban J connectivity index is 2.23. The highest BCUT2D eigenvalue weighted by Crippen LogP contribution is 2.33. The van der Waals surface area contributed by atoms with Gasteiger partial charge in [0.1, 0.15) is 5.82 Å². The van der Waals surface area contributed by atoms with E-state index in [0.717, 1.165) is 11.1 Å². The van der Waals surface area contributed by atoms with Crippen molar-refractivity contribution in [3.63, 3.8) is 0 Å². The third-order valence-electron chi connectivity index (χ3n) is 4.21. The quantitative estimate of drug-likeness (QED) is 0.873. The molecule has 4 amide bonds. The molecule has 0 bridgehead atoms. The van der Waals surface area contributed by atoms with Crippen molar-refractivity contribution in [1.82, 2.24) is 15.1 Å². The normalized spacial score (nSPS) is 21.0. The monoisotopic (exact) mass is 322 g/mol. The molecule has 2 unspecified atom stereocenters. The summed E-state index contributed by atoms with van der Waals surface area (Å²) in [5, 5.41) is 2.94. The first-order chi connectivity index (χ1) is 10.8. The molecule has 1 saturated heterocycles. The highest BCUT2D eigenvalue weighted by atomic mass is 19.1. The number of likely N-dealkylation sites (tertiary alicyclic amines) is 1. The van der Waals surface area contributed by atoms with Crippen LogP contribution in [0.5, 0.6) is 0 Å². The number of hydrogen-bond acceptors (Lipinski definition) is 2. The standard InChI is InChI=1S/C16H23FN4O2/c1-10-8-11(17)4-5-13(10)14-9-12(19-16(23)20(2)3)6-7-21(14)15(18)22/h4-5,8,12,14H,6-7,9H2,1-3H3,(H2,18,22)(H,19,23). The van der Waals surface area contributed by atoms with Crippen LogP contribution in [0.1, 0.15) is 30.0 Å². The van der Waals surface area contributed by atoms with E-state index in [-0.39, 0.29) is 23.9 Å². The first kappa shape index (κ1) is 17.1. The maximum Gasteiger partial charge on any atom is 0.317 e. The minimum atomic E-state index is -0.504. The molecule has 23 heavy (non-hydrogen) atoms. The molecule has 7 heteroatoms. The van der Waals surface area contributed by atoms with Gasteiger partial charge in [-0.05, 0) is 43.0 Å². The minimum Gasteiger partial charge on any atom is -0.351 e. The molecule has 1 heterocycles. The SMILES string of the molecule is Cc1cc(F)ccc1C1CC(NC(=O)N(C)C)CCN1C(N)=O. The van der Waals surface area contributed by atoms with Crippen LogP contribution in [0.15, 0.2) is 18.2 Å². The fourth-order valence-electron chi connectivity index (χ4n) is 2.97. The number of primary amides is 1. The Hall–Kier alpha value is -2.31. The van der Waals surface area contributed by atoms with Crippen LogP contribution in [0.3, 0.4) is 0 Å². The number of hydrogen-bond donors (Lipinski definition) is 2. The third-order valence-corrected chi connectivity index (χ3v) is 4.21. The maximum absolute atomic E-state index is 13.3. The van der Waals surface area contributed by atoms with Gasteiger partial charge < -0.3 is 20.9 Å². The molecule has 1 aromatic rings. The van der Waals surface area contributed by atoms with Crippen LogP contribution in [-0.2, 0) is 0 Å². The van der Waals surface area contributed by atoms with Crippen LogP contribution in [0.25, 0.3) is 0 Å². The molecule has 6 nitrogen and oxygen atoms in total. The number of rotatable bonds is 2. The third kappa shape index (κ3) is 3.91. The molecule has 3 N–H and O–H groups in total. The minimum absolute atomic E-state index is 0.0602. The maximum atomic E-state index is 13.3. The predicted octanol–water partition coefficient (Wildman–Crippen LogP) is 1.99. The largest absolute Gasteiger partial charge is 0.351 e. The molecular formula is C16H23FN4O2. The molecule has 1 aromatic carbocycles. The van der Waals surface area contributed by atoms with Crippen LogP contribution in [-0.4, -0.2) is 48.5 Å². The molecule has 1 aliphatic heterocycles. The average molecular weight is 322 g/mol. The lowest BCUT2D eigenvalue weighted by molar-refractivity contribution is 0.141. The van der Waals surface area contributed by atoms with Gasteiger partial charge in [0.15, 0.2) is 0 Å². The fraction of sp³-hybridized carbons (Fsp3) is 0.500. The molecular weight excluding hydrogens is 299 g/mol. The van der Waals surface area contributed by atoms with Gasteiger partial charge >= 0.3 is 12.1 Å². The van der Waals surface area contributed by atoms with Crippen molar-refractivity contribution in [1.29, 1.82) is 0 Å². The second-order valence-corrected chi connectivity index (χ2v) is 6.11. The van der Waals surface area contributed by atoms with Crippen LogP contribution in [0, 0.1) is 12.7 Å². The topological polar surface area (TPSA) is 78.7 Å². The van der Waals surface area contributed by atoms with Gasteiger partial charge in [0.25, 0.3) is 0 Å². The summed E-state index contributed by atoms with van der Waals surface area (Å²) >= 11 is 0. The zero-order valence-corrected chi connectivity index (χ0v) is 13.7. The van der Waals surface area contributed by atoms with Gasteiger partial charge in [-0.1, -0.05) is 6.07 Å². The molecule has 0 aliphatic carbocycles. The number of benzene rings is 1. The Morgan fingerprint density at radius 2 is 2.09 bits per heavy atom. The molecule has 0 spiro atoms. The Labute approximate surface area is 135 Å². The summed E-state index contributed by atoms with van der Waals surface area (Å²) in [6.07, 6.45) is 1.19. The van der Waals surface area contributed by atoms with Crippen molar-refractivity contribution in [3.8, 4) is 0 Å². The zero-order valence-electron chi connectivity index (χ0n) is 13.7. The van der Waals surface area contributed by atoms with Crippen LogP contribution < -0.4 is 11.1 Å². The summed E-state index contributed by atoms with van der Waals surface area (Å²) in [6.45, 7) is 2.26. The Bertz CT molecular complexity index is 606. The number of aryl methyl sites for hydroxylation is 1. The second-order valence-electron chi connectivity index (χ2n) is 6.11. The Morgan fingerprint density at radius 3 is 2.65 bits per heavy atom. The van der Waals surface area contributed by atoms with Gasteiger partial charge in [-0.15, -0.1) is 0 Å². The second kappa shape index (κ2) is 6.85. The summed E-state index contributed by atoms with van der Waals surface area (Å²) < 4.78 is 13.3. The number of carbonyl (C=O) groups excluding carboxylic acids is 2. The molecule has 2 atom stereocenters. The van der Waals surface area contributed by atoms with Crippen molar-refractivity contribution in [2.24, 2.45) is 5.73 Å². The molecule has 0 saturated carbocycles. The van der Waals surface area contributed by atoms with E-state index in [1.165, 1.54) is 17.0 Å². The number of urea groups is 2. The van der Waals surface area contributed by atoms with Crippen molar-refractivity contribution < 1.29 is 14.0 Å². The van der Waals surface area contributed by atoms with Crippen molar-refractivity contribution >= 4 is 12.1 Å². The lowest BCUT2D eigenvalue weighted by atomic mass is 9.89. The summed E-state index contributed by atoms with van der Waals surface area (Å²) in [7, 11) is 3.35. The number of nitrogens with one attached hydrogen (secondary N) is 1. The lowest BCUT2D eigenvalue weighted by Crippen LogP contribution is -2.51. The summed E-state index contributed by atoms with van der Waals surface area (Å²) in [6, 6.07) is 3.50.